The molecule has 0 spiro atoms. The maximum atomic E-state index is 10.5. The fraction of sp³-hybridized carbons (Fsp3) is 0.250. The van der Waals surface area contributed by atoms with Gasteiger partial charge in [-0.05, 0) is 12.1 Å². The van der Waals surface area contributed by atoms with Gasteiger partial charge in [0.2, 0.25) is 5.09 Å². The molecule has 0 aromatic carbocycles. The van der Waals surface area contributed by atoms with Crippen LogP contribution in [0.2, 0.25) is 0 Å². The summed E-state index contributed by atoms with van der Waals surface area (Å²) in [6, 6.07) is 1.89. The molecule has 0 amide bonds. The molecule has 0 bridgehead atoms. The Morgan fingerprint density at radius 3 is 2.11 bits per heavy atom. The molecular formula is C8H7NaO8S. The molecule has 1 aromatic rings. The Kier molecular flexibility index (Phi) is 6.04. The topological polar surface area (TPSA) is 145 Å². The molecule has 0 aliphatic rings. The molecule has 0 saturated heterocycles. The summed E-state index contributed by atoms with van der Waals surface area (Å²) < 4.78 is 36.1. The summed E-state index contributed by atoms with van der Waals surface area (Å²) >= 11 is 0. The van der Waals surface area contributed by atoms with Gasteiger partial charge in [0.15, 0.2) is 16.0 Å². The largest absolute Gasteiger partial charge is 1.00 e. The summed E-state index contributed by atoms with van der Waals surface area (Å²) in [5.74, 6) is -5.13. The van der Waals surface area contributed by atoms with Crippen molar-refractivity contribution in [2.24, 2.45) is 5.92 Å². The Morgan fingerprint density at radius 1 is 1.28 bits per heavy atom. The Bertz CT molecular complexity index is 531. The molecular weight excluding hydrogens is 279 g/mol. The zero-order valence-electron chi connectivity index (χ0n) is 9.19. The van der Waals surface area contributed by atoms with Crippen LogP contribution in [0.15, 0.2) is 21.6 Å². The maximum absolute atomic E-state index is 10.5. The van der Waals surface area contributed by atoms with Gasteiger partial charge in [-0.2, -0.15) is 0 Å². The SMILES string of the molecule is O=C(O)C(Cc1ccc(S(=O)(=O)[O-])o1)C(=O)O.[Na+]. The van der Waals surface area contributed by atoms with Gasteiger partial charge in [0.25, 0.3) is 0 Å². The van der Waals surface area contributed by atoms with Crippen LogP contribution in [-0.4, -0.2) is 35.1 Å². The Morgan fingerprint density at radius 2 is 1.78 bits per heavy atom. The average Bonchev–Trinajstić information content (AvgIpc) is 2.60. The van der Waals surface area contributed by atoms with Gasteiger partial charge in [0.1, 0.15) is 5.76 Å². The minimum Gasteiger partial charge on any atom is -0.742 e. The zero-order chi connectivity index (χ0) is 13.2. The van der Waals surface area contributed by atoms with E-state index in [1.54, 1.807) is 0 Å². The second-order valence-corrected chi connectivity index (χ2v) is 4.42. The number of rotatable bonds is 5. The molecule has 18 heavy (non-hydrogen) atoms. The number of furan rings is 1. The van der Waals surface area contributed by atoms with E-state index >= 15 is 0 Å². The first-order valence-electron chi connectivity index (χ1n) is 4.22. The van der Waals surface area contributed by atoms with Gasteiger partial charge in [-0.1, -0.05) is 0 Å². The smallest absolute Gasteiger partial charge is 0.742 e. The Balaban J connectivity index is 0.00000289. The van der Waals surface area contributed by atoms with Crippen molar-refractivity contribution in [3.8, 4) is 0 Å². The monoisotopic (exact) mass is 286 g/mol. The van der Waals surface area contributed by atoms with Gasteiger partial charge in [-0.15, -0.1) is 0 Å². The van der Waals surface area contributed by atoms with Crippen molar-refractivity contribution in [1.29, 1.82) is 0 Å². The van der Waals surface area contributed by atoms with Crippen LogP contribution in [0.5, 0.6) is 0 Å². The van der Waals surface area contributed by atoms with Gasteiger partial charge >= 0.3 is 41.5 Å². The van der Waals surface area contributed by atoms with E-state index in [-0.39, 0.29) is 35.3 Å². The molecule has 0 unspecified atom stereocenters. The maximum Gasteiger partial charge on any atom is 1.00 e. The van der Waals surface area contributed by atoms with E-state index in [0.717, 1.165) is 12.1 Å². The van der Waals surface area contributed by atoms with E-state index in [1.165, 1.54) is 0 Å². The quantitative estimate of drug-likeness (QED) is 0.322. The Hall–Kier alpha value is -0.870. The minimum absolute atomic E-state index is 0. The minimum atomic E-state index is -4.77. The third kappa shape index (κ3) is 4.42. The second kappa shape index (κ2) is 6.34. The number of carboxylic acids is 2. The van der Waals surface area contributed by atoms with Crippen molar-refractivity contribution >= 4 is 22.1 Å². The molecule has 1 aromatic heterocycles. The van der Waals surface area contributed by atoms with Crippen LogP contribution in [0.4, 0.5) is 0 Å². The van der Waals surface area contributed by atoms with Crippen molar-refractivity contribution in [2.75, 3.05) is 0 Å². The molecule has 0 fully saturated rings. The summed E-state index contributed by atoms with van der Waals surface area (Å²) in [4.78, 5) is 21.1. The normalized spacial score (nSPS) is 11.0. The molecule has 0 saturated carbocycles. The van der Waals surface area contributed by atoms with E-state index in [4.69, 9.17) is 10.2 Å². The van der Waals surface area contributed by atoms with Crippen LogP contribution in [0, 0.1) is 5.92 Å². The first-order chi connectivity index (χ1) is 7.71. The van der Waals surface area contributed by atoms with E-state index in [1.807, 2.05) is 0 Å². The van der Waals surface area contributed by atoms with Crippen molar-refractivity contribution in [3.05, 3.63) is 17.9 Å². The fourth-order valence-electron chi connectivity index (χ4n) is 1.08. The summed E-state index contributed by atoms with van der Waals surface area (Å²) in [6.07, 6.45) is -0.541. The van der Waals surface area contributed by atoms with E-state index < -0.39 is 39.5 Å². The van der Waals surface area contributed by atoms with Crippen molar-refractivity contribution in [3.63, 3.8) is 0 Å². The van der Waals surface area contributed by atoms with Gasteiger partial charge in [-0.25, -0.2) is 8.42 Å². The Labute approximate surface area is 124 Å². The molecule has 0 aliphatic heterocycles. The molecule has 1 rings (SSSR count). The van der Waals surface area contributed by atoms with Crippen molar-refractivity contribution in [2.45, 2.75) is 11.5 Å². The number of hydrogen-bond acceptors (Lipinski definition) is 6. The molecule has 0 aliphatic carbocycles. The average molecular weight is 286 g/mol. The van der Waals surface area contributed by atoms with Crippen LogP contribution in [-0.2, 0) is 26.1 Å². The molecule has 1 heterocycles. The second-order valence-electron chi connectivity index (χ2n) is 3.11. The fourth-order valence-corrected chi connectivity index (χ4v) is 1.53. The van der Waals surface area contributed by atoms with Gasteiger partial charge < -0.3 is 19.2 Å². The first kappa shape index (κ1) is 17.1. The molecule has 8 nitrogen and oxygen atoms in total. The van der Waals surface area contributed by atoms with Gasteiger partial charge in [-0.3, -0.25) is 9.59 Å². The predicted molar refractivity (Wildman–Crippen MR) is 49.1 cm³/mol. The van der Waals surface area contributed by atoms with Gasteiger partial charge in [0.05, 0.1) is 0 Å². The van der Waals surface area contributed by atoms with E-state index in [9.17, 15) is 22.6 Å². The van der Waals surface area contributed by atoms with Crippen LogP contribution >= 0.6 is 0 Å². The third-order valence-corrected chi connectivity index (χ3v) is 2.60. The summed E-state index contributed by atoms with van der Waals surface area (Å²) in [5, 5.41) is 16.3. The zero-order valence-corrected chi connectivity index (χ0v) is 12.0. The molecule has 94 valence electrons. The van der Waals surface area contributed by atoms with Crippen molar-refractivity contribution in [1.82, 2.24) is 0 Å². The van der Waals surface area contributed by atoms with Crippen LogP contribution in [0.3, 0.4) is 0 Å². The molecule has 10 heteroatoms. The molecule has 0 radical (unpaired) electrons. The number of hydrogen-bond donors (Lipinski definition) is 2. The molecule has 0 atom stereocenters. The van der Waals surface area contributed by atoms with Gasteiger partial charge in [0, 0.05) is 6.42 Å². The number of aliphatic carboxylic acids is 2. The van der Waals surface area contributed by atoms with Crippen LogP contribution in [0.1, 0.15) is 5.76 Å². The van der Waals surface area contributed by atoms with Crippen LogP contribution < -0.4 is 29.6 Å². The third-order valence-electron chi connectivity index (χ3n) is 1.88. The van der Waals surface area contributed by atoms with E-state index in [0.29, 0.717) is 0 Å². The number of carboxylic acid groups (broad SMARTS) is 2. The predicted octanol–water partition coefficient (Wildman–Crippen LogP) is -3.48. The summed E-state index contributed by atoms with van der Waals surface area (Å²) in [5.41, 5.74) is 0. The van der Waals surface area contributed by atoms with Crippen LogP contribution in [0.25, 0.3) is 0 Å². The van der Waals surface area contributed by atoms with Crippen molar-refractivity contribution < 1.29 is 66.7 Å². The number of carbonyl (C=O) groups is 2. The summed E-state index contributed by atoms with van der Waals surface area (Å²) in [7, 11) is -4.77. The first-order valence-corrected chi connectivity index (χ1v) is 5.63. The molecule has 2 N–H and O–H groups in total. The summed E-state index contributed by atoms with van der Waals surface area (Å²) in [6.45, 7) is 0. The standard InChI is InChI=1S/C8H8O8S.Na/c9-7(10)5(8(11)12)3-4-1-2-6(16-4)17(13,14)15;/h1-2,5H,3H2,(H,9,10)(H,11,12)(H,13,14,15);/q;+1/p-1. The van der Waals surface area contributed by atoms with E-state index in [2.05, 4.69) is 4.42 Å².